The van der Waals surface area contributed by atoms with Crippen LogP contribution in [0.3, 0.4) is 0 Å². The van der Waals surface area contributed by atoms with Gasteiger partial charge in [0.05, 0.1) is 0 Å². The third-order valence-corrected chi connectivity index (χ3v) is 4.32. The lowest BCUT2D eigenvalue weighted by Gasteiger charge is -2.32. The third kappa shape index (κ3) is 3.39. The number of nitrogens with zero attached hydrogens (tertiary/aromatic N) is 1. The fourth-order valence-electron chi connectivity index (χ4n) is 3.03. The average Bonchev–Trinajstić information content (AvgIpc) is 2.60. The number of carbonyl (C=O) groups is 1. The molecule has 0 bridgehead atoms. The zero-order valence-corrected chi connectivity index (χ0v) is 13.8. The molecule has 3 rings (SSSR count). The first kappa shape index (κ1) is 15.6. The highest BCUT2D eigenvalue weighted by Gasteiger charge is 2.28. The fourth-order valence-corrected chi connectivity index (χ4v) is 3.03. The van der Waals surface area contributed by atoms with E-state index in [9.17, 15) is 4.79 Å². The highest BCUT2D eigenvalue weighted by Crippen LogP contribution is 2.28. The largest absolute Gasteiger partial charge is 0.481 e. The van der Waals surface area contributed by atoms with E-state index in [4.69, 9.17) is 4.74 Å². The molecule has 3 heteroatoms. The minimum Gasteiger partial charge on any atom is -0.481 e. The average molecular weight is 309 g/mol. The topological polar surface area (TPSA) is 29.5 Å². The molecule has 0 aliphatic carbocycles. The summed E-state index contributed by atoms with van der Waals surface area (Å²) >= 11 is 0. The van der Waals surface area contributed by atoms with Crippen LogP contribution in [0.4, 0.5) is 5.69 Å². The van der Waals surface area contributed by atoms with Crippen molar-refractivity contribution in [3.05, 3.63) is 59.7 Å². The van der Waals surface area contributed by atoms with Crippen molar-refractivity contribution in [3.63, 3.8) is 0 Å². The lowest BCUT2D eigenvalue weighted by molar-refractivity contribution is -0.125. The van der Waals surface area contributed by atoms with Gasteiger partial charge in [-0.3, -0.25) is 4.79 Å². The minimum absolute atomic E-state index is 0.0558. The van der Waals surface area contributed by atoms with Gasteiger partial charge in [-0.2, -0.15) is 0 Å². The summed E-state index contributed by atoms with van der Waals surface area (Å²) in [5, 5.41) is 0. The van der Waals surface area contributed by atoms with Gasteiger partial charge in [0.25, 0.3) is 5.91 Å². The maximum absolute atomic E-state index is 13.0. The summed E-state index contributed by atoms with van der Waals surface area (Å²) in [5.41, 5.74) is 3.47. The number of hydrogen-bond acceptors (Lipinski definition) is 2. The molecule has 0 N–H and O–H groups in total. The maximum Gasteiger partial charge on any atom is 0.268 e. The smallest absolute Gasteiger partial charge is 0.268 e. The Morgan fingerprint density at radius 2 is 1.91 bits per heavy atom. The van der Waals surface area contributed by atoms with Crippen LogP contribution in [0, 0.1) is 6.92 Å². The predicted molar refractivity (Wildman–Crippen MR) is 93.0 cm³/mol. The van der Waals surface area contributed by atoms with E-state index in [1.807, 2.05) is 61.2 Å². The van der Waals surface area contributed by atoms with Gasteiger partial charge >= 0.3 is 0 Å². The van der Waals surface area contributed by atoms with Crippen LogP contribution < -0.4 is 9.64 Å². The molecule has 1 aliphatic heterocycles. The van der Waals surface area contributed by atoms with Crippen LogP contribution in [-0.4, -0.2) is 18.6 Å². The summed E-state index contributed by atoms with van der Waals surface area (Å²) in [4.78, 5) is 14.9. The molecule has 2 aromatic rings. The Hall–Kier alpha value is -2.29. The van der Waals surface area contributed by atoms with Crippen LogP contribution in [0.1, 0.15) is 30.9 Å². The molecule has 0 aromatic heterocycles. The normalized spacial score (nSPS) is 15.0. The Bertz CT molecular complexity index is 678. The van der Waals surface area contributed by atoms with Gasteiger partial charge in [0.2, 0.25) is 0 Å². The summed E-state index contributed by atoms with van der Waals surface area (Å²) in [6.45, 7) is 4.80. The zero-order chi connectivity index (χ0) is 16.2. The van der Waals surface area contributed by atoms with Gasteiger partial charge in [0.15, 0.2) is 6.10 Å². The predicted octanol–water partition coefficient (Wildman–Crippen LogP) is 4.13. The quantitative estimate of drug-likeness (QED) is 0.850. The van der Waals surface area contributed by atoms with E-state index in [0.29, 0.717) is 6.42 Å². The van der Waals surface area contributed by atoms with Crippen LogP contribution in [0.15, 0.2) is 48.5 Å². The Morgan fingerprint density at radius 1 is 1.17 bits per heavy atom. The van der Waals surface area contributed by atoms with Crippen LogP contribution in [-0.2, 0) is 11.2 Å². The van der Waals surface area contributed by atoms with Gasteiger partial charge in [0.1, 0.15) is 5.75 Å². The van der Waals surface area contributed by atoms with E-state index in [-0.39, 0.29) is 5.91 Å². The number of hydrogen-bond donors (Lipinski definition) is 0. The molecule has 0 saturated carbocycles. The summed E-state index contributed by atoms with van der Waals surface area (Å²) in [7, 11) is 0. The molecule has 0 saturated heterocycles. The van der Waals surface area contributed by atoms with E-state index in [1.54, 1.807) is 0 Å². The minimum atomic E-state index is -0.441. The van der Waals surface area contributed by atoms with Crippen molar-refractivity contribution < 1.29 is 9.53 Å². The second kappa shape index (κ2) is 6.86. The Labute approximate surface area is 137 Å². The lowest BCUT2D eigenvalue weighted by atomic mass is 10.0. The van der Waals surface area contributed by atoms with E-state index in [0.717, 1.165) is 30.8 Å². The molecule has 2 aromatic carbocycles. The monoisotopic (exact) mass is 309 g/mol. The molecule has 1 amide bonds. The van der Waals surface area contributed by atoms with Crippen molar-refractivity contribution in [1.82, 2.24) is 0 Å². The first-order valence-electron chi connectivity index (χ1n) is 8.31. The van der Waals surface area contributed by atoms with E-state index in [2.05, 4.69) is 6.07 Å². The van der Waals surface area contributed by atoms with E-state index < -0.39 is 6.10 Å². The first-order chi connectivity index (χ1) is 11.2. The van der Waals surface area contributed by atoms with Crippen LogP contribution >= 0.6 is 0 Å². The van der Waals surface area contributed by atoms with Crippen LogP contribution in [0.25, 0.3) is 0 Å². The van der Waals surface area contributed by atoms with Crippen LogP contribution in [0.2, 0.25) is 0 Å². The molecule has 120 valence electrons. The summed E-state index contributed by atoms with van der Waals surface area (Å²) in [6.07, 6.45) is 2.26. The number of carbonyl (C=O) groups excluding carboxylic acids is 1. The number of aryl methyl sites for hydroxylation is 2. The molecule has 23 heavy (non-hydrogen) atoms. The first-order valence-corrected chi connectivity index (χ1v) is 8.31. The van der Waals surface area contributed by atoms with Gasteiger partial charge in [-0.05, 0) is 49.9 Å². The van der Waals surface area contributed by atoms with Crippen molar-refractivity contribution in [3.8, 4) is 5.75 Å². The molecule has 3 nitrogen and oxygen atoms in total. The van der Waals surface area contributed by atoms with E-state index >= 15 is 0 Å². The molecular weight excluding hydrogens is 286 g/mol. The van der Waals surface area contributed by atoms with Crippen molar-refractivity contribution in [2.75, 3.05) is 11.4 Å². The van der Waals surface area contributed by atoms with Gasteiger partial charge in [-0.1, -0.05) is 42.8 Å². The summed E-state index contributed by atoms with van der Waals surface area (Å²) in [6, 6.07) is 16.0. The Morgan fingerprint density at radius 3 is 2.65 bits per heavy atom. The number of benzene rings is 2. The fraction of sp³-hybridized carbons (Fsp3) is 0.350. The molecule has 0 fully saturated rings. The van der Waals surface area contributed by atoms with Gasteiger partial charge < -0.3 is 9.64 Å². The standard InChI is InChI=1S/C20H23NO2/c1-3-19(23-17-12-10-15(2)11-13-17)20(22)21-14-6-8-16-7-4-5-9-18(16)21/h4-5,7,9-13,19H,3,6,8,14H2,1-2H3. The number of rotatable bonds is 4. The van der Waals surface area contributed by atoms with Crippen molar-refractivity contribution in [2.45, 2.75) is 39.2 Å². The number of ether oxygens (including phenoxy) is 1. The molecule has 1 aliphatic rings. The van der Waals surface area contributed by atoms with Crippen molar-refractivity contribution >= 4 is 11.6 Å². The molecule has 1 unspecified atom stereocenters. The second-order valence-electron chi connectivity index (χ2n) is 6.05. The van der Waals surface area contributed by atoms with Crippen molar-refractivity contribution in [1.29, 1.82) is 0 Å². The number of para-hydroxylation sites is 1. The third-order valence-electron chi connectivity index (χ3n) is 4.32. The van der Waals surface area contributed by atoms with Gasteiger partial charge in [0, 0.05) is 12.2 Å². The van der Waals surface area contributed by atoms with Gasteiger partial charge in [-0.15, -0.1) is 0 Å². The Balaban J connectivity index is 1.79. The summed E-state index contributed by atoms with van der Waals surface area (Å²) in [5.74, 6) is 0.807. The number of fused-ring (bicyclic) bond motifs is 1. The highest BCUT2D eigenvalue weighted by atomic mass is 16.5. The molecule has 1 heterocycles. The number of amides is 1. The van der Waals surface area contributed by atoms with Crippen molar-refractivity contribution in [2.24, 2.45) is 0 Å². The second-order valence-corrected chi connectivity index (χ2v) is 6.05. The highest BCUT2D eigenvalue weighted by molar-refractivity contribution is 5.97. The molecule has 1 atom stereocenters. The lowest BCUT2D eigenvalue weighted by Crippen LogP contribution is -2.44. The molecule has 0 radical (unpaired) electrons. The maximum atomic E-state index is 13.0. The zero-order valence-electron chi connectivity index (χ0n) is 13.8. The van der Waals surface area contributed by atoms with Crippen LogP contribution in [0.5, 0.6) is 5.75 Å². The SMILES string of the molecule is CCC(Oc1ccc(C)cc1)C(=O)N1CCCc2ccccc21. The molecule has 0 spiro atoms. The van der Waals surface area contributed by atoms with E-state index in [1.165, 1.54) is 11.1 Å². The number of anilines is 1. The Kier molecular flexibility index (Phi) is 4.65. The van der Waals surface area contributed by atoms with Gasteiger partial charge in [-0.25, -0.2) is 0 Å². The molecular formula is C20H23NO2. The summed E-state index contributed by atoms with van der Waals surface area (Å²) < 4.78 is 5.96.